The van der Waals surface area contributed by atoms with Crippen molar-refractivity contribution in [1.82, 2.24) is 9.97 Å². The van der Waals surface area contributed by atoms with E-state index >= 15 is 0 Å². The molecule has 106 valence electrons. The van der Waals surface area contributed by atoms with Crippen molar-refractivity contribution in [2.24, 2.45) is 0 Å². The number of carbonyl (C=O) groups excluding carboxylic acids is 1. The van der Waals surface area contributed by atoms with Gasteiger partial charge in [0.1, 0.15) is 9.71 Å². The molecule has 2 N–H and O–H groups in total. The molecule has 0 aliphatic rings. The SMILES string of the molecule is COC(=O)CSc1nc2sc(C(=O)O)c(C)c2c(=O)[nH]1. The third kappa shape index (κ3) is 2.68. The molecule has 0 saturated carbocycles. The van der Waals surface area contributed by atoms with Gasteiger partial charge in [-0.2, -0.15) is 0 Å². The van der Waals surface area contributed by atoms with Crippen molar-refractivity contribution >= 4 is 45.3 Å². The van der Waals surface area contributed by atoms with Gasteiger partial charge in [0.2, 0.25) is 0 Å². The molecule has 0 atom stereocenters. The van der Waals surface area contributed by atoms with Crippen molar-refractivity contribution in [1.29, 1.82) is 0 Å². The van der Waals surface area contributed by atoms with E-state index in [1.807, 2.05) is 0 Å². The van der Waals surface area contributed by atoms with E-state index in [0.717, 1.165) is 23.1 Å². The number of thioether (sulfide) groups is 1. The van der Waals surface area contributed by atoms with Gasteiger partial charge in [0.05, 0.1) is 18.2 Å². The average molecular weight is 314 g/mol. The molecule has 9 heteroatoms. The summed E-state index contributed by atoms with van der Waals surface area (Å²) in [6.45, 7) is 1.57. The maximum absolute atomic E-state index is 12.0. The third-order valence-electron chi connectivity index (χ3n) is 2.53. The predicted molar refractivity (Wildman–Crippen MR) is 74.7 cm³/mol. The summed E-state index contributed by atoms with van der Waals surface area (Å²) in [7, 11) is 1.27. The Morgan fingerprint density at radius 2 is 2.20 bits per heavy atom. The topological polar surface area (TPSA) is 109 Å². The zero-order valence-corrected chi connectivity index (χ0v) is 12.2. The minimum atomic E-state index is -1.09. The summed E-state index contributed by atoms with van der Waals surface area (Å²) in [6.07, 6.45) is 0. The lowest BCUT2D eigenvalue weighted by molar-refractivity contribution is -0.137. The van der Waals surface area contributed by atoms with E-state index in [9.17, 15) is 14.4 Å². The van der Waals surface area contributed by atoms with Crippen molar-refractivity contribution < 1.29 is 19.4 Å². The van der Waals surface area contributed by atoms with Gasteiger partial charge in [0.25, 0.3) is 5.56 Å². The Labute approximate surface area is 121 Å². The highest BCUT2D eigenvalue weighted by Gasteiger charge is 2.18. The van der Waals surface area contributed by atoms with Crippen LogP contribution in [0.4, 0.5) is 0 Å². The molecule has 0 aliphatic heterocycles. The second-order valence-corrected chi connectivity index (χ2v) is 5.74. The normalized spacial score (nSPS) is 10.7. The largest absolute Gasteiger partial charge is 0.477 e. The highest BCUT2D eigenvalue weighted by molar-refractivity contribution is 7.99. The van der Waals surface area contributed by atoms with Gasteiger partial charge in [-0.1, -0.05) is 11.8 Å². The lowest BCUT2D eigenvalue weighted by Crippen LogP contribution is -2.10. The van der Waals surface area contributed by atoms with E-state index < -0.39 is 17.5 Å². The summed E-state index contributed by atoms with van der Waals surface area (Å²) in [5.41, 5.74) is -0.0145. The lowest BCUT2D eigenvalue weighted by atomic mass is 10.2. The number of hydrogen-bond acceptors (Lipinski definition) is 7. The van der Waals surface area contributed by atoms with Gasteiger partial charge in [0, 0.05) is 0 Å². The Balaban J connectivity index is 2.45. The number of nitrogens with zero attached hydrogens (tertiary/aromatic N) is 1. The number of thiophene rings is 1. The minimum absolute atomic E-state index is 0.0150. The number of aromatic nitrogens is 2. The minimum Gasteiger partial charge on any atom is -0.477 e. The number of rotatable bonds is 4. The molecular weight excluding hydrogens is 304 g/mol. The summed E-state index contributed by atoms with van der Waals surface area (Å²) in [5.74, 6) is -1.51. The number of fused-ring (bicyclic) bond motifs is 1. The first kappa shape index (κ1) is 14.5. The van der Waals surface area contributed by atoms with Crippen LogP contribution in [-0.4, -0.2) is 39.9 Å². The molecule has 0 saturated heterocycles. The average Bonchev–Trinajstić information content (AvgIpc) is 2.73. The van der Waals surface area contributed by atoms with Gasteiger partial charge < -0.3 is 14.8 Å². The molecule has 2 heterocycles. The van der Waals surface area contributed by atoms with Crippen LogP contribution in [0.1, 0.15) is 15.2 Å². The summed E-state index contributed by atoms with van der Waals surface area (Å²) in [6, 6.07) is 0. The Bertz CT molecular complexity index is 749. The van der Waals surface area contributed by atoms with Crippen LogP contribution in [0.3, 0.4) is 0 Å². The molecule has 2 aromatic rings. The molecule has 0 aliphatic carbocycles. The molecule has 0 fully saturated rings. The van der Waals surface area contributed by atoms with Crippen molar-refractivity contribution in [2.45, 2.75) is 12.1 Å². The zero-order valence-electron chi connectivity index (χ0n) is 10.6. The quantitative estimate of drug-likeness (QED) is 0.496. The Morgan fingerprint density at radius 3 is 2.80 bits per heavy atom. The van der Waals surface area contributed by atoms with Crippen LogP contribution in [0.25, 0.3) is 10.2 Å². The second-order valence-electron chi connectivity index (χ2n) is 3.78. The smallest absolute Gasteiger partial charge is 0.346 e. The lowest BCUT2D eigenvalue weighted by Gasteiger charge is -1.99. The number of methoxy groups -OCH3 is 1. The van der Waals surface area contributed by atoms with Crippen LogP contribution in [-0.2, 0) is 9.53 Å². The number of H-pyrrole nitrogens is 1. The van der Waals surface area contributed by atoms with Crippen LogP contribution in [0.15, 0.2) is 9.95 Å². The highest BCUT2D eigenvalue weighted by Crippen LogP contribution is 2.28. The van der Waals surface area contributed by atoms with Gasteiger partial charge in [0.15, 0.2) is 5.16 Å². The van der Waals surface area contributed by atoms with E-state index in [2.05, 4.69) is 14.7 Å². The second kappa shape index (κ2) is 5.63. The van der Waals surface area contributed by atoms with E-state index in [1.165, 1.54) is 7.11 Å². The highest BCUT2D eigenvalue weighted by atomic mass is 32.2. The van der Waals surface area contributed by atoms with Crippen molar-refractivity contribution in [3.05, 3.63) is 20.8 Å². The van der Waals surface area contributed by atoms with Crippen LogP contribution in [0.2, 0.25) is 0 Å². The molecule has 0 aromatic carbocycles. The molecule has 7 nitrogen and oxygen atoms in total. The van der Waals surface area contributed by atoms with Gasteiger partial charge >= 0.3 is 11.9 Å². The summed E-state index contributed by atoms with van der Waals surface area (Å²) in [5, 5.41) is 9.57. The number of hydrogen-bond donors (Lipinski definition) is 2. The van der Waals surface area contributed by atoms with Crippen molar-refractivity contribution in [3.8, 4) is 0 Å². The number of carbonyl (C=O) groups is 2. The predicted octanol–water partition coefficient (Wildman–Crippen LogP) is 1.26. The van der Waals surface area contributed by atoms with Gasteiger partial charge in [-0.3, -0.25) is 9.59 Å². The monoisotopic (exact) mass is 314 g/mol. The third-order valence-corrected chi connectivity index (χ3v) is 4.55. The van der Waals surface area contributed by atoms with E-state index in [4.69, 9.17) is 5.11 Å². The number of carboxylic acid groups (broad SMARTS) is 1. The van der Waals surface area contributed by atoms with E-state index in [-0.39, 0.29) is 21.2 Å². The fourth-order valence-electron chi connectivity index (χ4n) is 1.58. The van der Waals surface area contributed by atoms with Gasteiger partial charge in [-0.15, -0.1) is 11.3 Å². The van der Waals surface area contributed by atoms with Crippen molar-refractivity contribution in [2.75, 3.05) is 12.9 Å². The maximum Gasteiger partial charge on any atom is 0.346 e. The summed E-state index contributed by atoms with van der Waals surface area (Å²) >= 11 is 1.96. The molecule has 0 amide bonds. The molecule has 0 radical (unpaired) electrons. The maximum atomic E-state index is 12.0. The number of ether oxygens (including phenoxy) is 1. The summed E-state index contributed by atoms with van der Waals surface area (Å²) < 4.78 is 4.49. The fraction of sp³-hybridized carbons (Fsp3) is 0.273. The molecule has 20 heavy (non-hydrogen) atoms. The van der Waals surface area contributed by atoms with Gasteiger partial charge in [-0.05, 0) is 12.5 Å². The number of nitrogens with one attached hydrogen (secondary N) is 1. The number of esters is 1. The number of aryl methyl sites for hydroxylation is 1. The Kier molecular flexibility index (Phi) is 4.09. The van der Waals surface area contributed by atoms with Crippen LogP contribution >= 0.6 is 23.1 Å². The Morgan fingerprint density at radius 1 is 1.50 bits per heavy atom. The Hall–Kier alpha value is -1.87. The first-order chi connectivity index (χ1) is 9.43. The number of aromatic amines is 1. The molecule has 0 bridgehead atoms. The van der Waals surface area contributed by atoms with Gasteiger partial charge in [-0.25, -0.2) is 9.78 Å². The molecule has 0 spiro atoms. The van der Waals surface area contributed by atoms with E-state index in [0.29, 0.717) is 10.4 Å². The van der Waals surface area contributed by atoms with Crippen LogP contribution in [0, 0.1) is 6.92 Å². The number of aromatic carboxylic acids is 1. The standard InChI is InChI=1S/C11H10N2O5S2/c1-4-6-8(15)12-11(19-3-5(14)18-2)13-9(6)20-7(4)10(16)17/h3H2,1-2H3,(H,16,17)(H,12,13,15). The number of carboxylic acids is 1. The molecular formula is C11H10N2O5S2. The van der Waals surface area contributed by atoms with Crippen molar-refractivity contribution in [3.63, 3.8) is 0 Å². The molecule has 0 unspecified atom stereocenters. The molecule has 2 rings (SSSR count). The first-order valence-electron chi connectivity index (χ1n) is 5.40. The summed E-state index contributed by atoms with van der Waals surface area (Å²) in [4.78, 5) is 41.2. The van der Waals surface area contributed by atoms with Crippen LogP contribution < -0.4 is 5.56 Å². The van der Waals surface area contributed by atoms with E-state index in [1.54, 1.807) is 6.92 Å². The first-order valence-corrected chi connectivity index (χ1v) is 7.20. The fourth-order valence-corrected chi connectivity index (χ4v) is 3.35. The zero-order chi connectivity index (χ0) is 14.9. The van der Waals surface area contributed by atoms with Crippen LogP contribution in [0.5, 0.6) is 0 Å². The molecule has 2 aromatic heterocycles.